The van der Waals surface area contributed by atoms with E-state index in [1.165, 1.54) is 11.3 Å². The number of aromatic nitrogens is 2. The predicted octanol–water partition coefficient (Wildman–Crippen LogP) is 2.45. The molecular weight excluding hydrogens is 236 g/mol. The van der Waals surface area contributed by atoms with E-state index in [0.717, 1.165) is 26.1 Å². The van der Waals surface area contributed by atoms with E-state index in [4.69, 9.17) is 5.26 Å². The Morgan fingerprint density at radius 2 is 2.00 bits per heavy atom. The summed E-state index contributed by atoms with van der Waals surface area (Å²) >= 11 is 0. The fourth-order valence-electron chi connectivity index (χ4n) is 1.96. The molecule has 0 radical (unpaired) electrons. The minimum atomic E-state index is 0.699. The van der Waals surface area contributed by atoms with Crippen molar-refractivity contribution in [2.75, 3.05) is 0 Å². The summed E-state index contributed by atoms with van der Waals surface area (Å²) < 4.78 is 2.03. The van der Waals surface area contributed by atoms with Crippen LogP contribution in [0.5, 0.6) is 0 Å². The summed E-state index contributed by atoms with van der Waals surface area (Å²) in [6.07, 6.45) is 2.93. The highest BCUT2D eigenvalue weighted by Gasteiger charge is 2.01. The number of aryl methyl sites for hydroxylation is 1. The molecule has 0 spiro atoms. The van der Waals surface area contributed by atoms with Gasteiger partial charge >= 0.3 is 0 Å². The SMILES string of the molecule is CCCn1nccc1CNCc1ccc(C#N)cc1. The van der Waals surface area contributed by atoms with Crippen molar-refractivity contribution in [2.45, 2.75) is 33.0 Å². The summed E-state index contributed by atoms with van der Waals surface area (Å²) in [7, 11) is 0. The molecule has 0 bridgehead atoms. The van der Waals surface area contributed by atoms with Crippen LogP contribution in [-0.2, 0) is 19.6 Å². The third kappa shape index (κ3) is 3.67. The van der Waals surface area contributed by atoms with E-state index in [2.05, 4.69) is 23.4 Å². The van der Waals surface area contributed by atoms with E-state index >= 15 is 0 Å². The zero-order chi connectivity index (χ0) is 13.5. The van der Waals surface area contributed by atoms with Gasteiger partial charge in [0.25, 0.3) is 0 Å². The van der Waals surface area contributed by atoms with Crippen LogP contribution in [0.25, 0.3) is 0 Å². The Morgan fingerprint density at radius 3 is 2.68 bits per heavy atom. The van der Waals surface area contributed by atoms with E-state index in [1.54, 1.807) is 0 Å². The van der Waals surface area contributed by atoms with Gasteiger partial charge in [0.15, 0.2) is 0 Å². The molecule has 4 nitrogen and oxygen atoms in total. The Hall–Kier alpha value is -2.12. The van der Waals surface area contributed by atoms with Crippen molar-refractivity contribution in [3.05, 3.63) is 53.3 Å². The van der Waals surface area contributed by atoms with Gasteiger partial charge in [-0.25, -0.2) is 0 Å². The average molecular weight is 254 g/mol. The molecule has 98 valence electrons. The minimum absolute atomic E-state index is 0.699. The molecule has 2 rings (SSSR count). The topological polar surface area (TPSA) is 53.6 Å². The Balaban J connectivity index is 1.85. The molecule has 0 aliphatic rings. The lowest BCUT2D eigenvalue weighted by Gasteiger charge is -2.08. The summed E-state index contributed by atoms with van der Waals surface area (Å²) in [4.78, 5) is 0. The molecule has 0 fully saturated rings. The molecule has 1 aromatic carbocycles. The highest BCUT2D eigenvalue weighted by Crippen LogP contribution is 2.04. The Morgan fingerprint density at radius 1 is 1.21 bits per heavy atom. The van der Waals surface area contributed by atoms with Crippen LogP contribution in [-0.4, -0.2) is 9.78 Å². The molecule has 0 saturated heterocycles. The number of hydrogen-bond donors (Lipinski definition) is 1. The molecule has 1 heterocycles. The summed E-state index contributed by atoms with van der Waals surface area (Å²) in [6, 6.07) is 11.8. The van der Waals surface area contributed by atoms with E-state index in [-0.39, 0.29) is 0 Å². The highest BCUT2D eigenvalue weighted by atomic mass is 15.3. The summed E-state index contributed by atoms with van der Waals surface area (Å²) in [6.45, 7) is 4.71. The van der Waals surface area contributed by atoms with Crippen LogP contribution >= 0.6 is 0 Å². The Labute approximate surface area is 113 Å². The second-order valence-electron chi connectivity index (χ2n) is 4.46. The van der Waals surface area contributed by atoms with Crippen LogP contribution in [0.3, 0.4) is 0 Å². The monoisotopic (exact) mass is 254 g/mol. The van der Waals surface area contributed by atoms with Crippen LogP contribution in [0.4, 0.5) is 0 Å². The standard InChI is InChI=1S/C15H18N4/c1-2-9-19-15(7-8-18-19)12-17-11-14-5-3-13(10-16)4-6-14/h3-8,17H,2,9,11-12H2,1H3. The first-order valence-electron chi connectivity index (χ1n) is 6.54. The number of nitrogens with zero attached hydrogens (tertiary/aromatic N) is 3. The molecule has 4 heteroatoms. The number of nitrogens with one attached hydrogen (secondary N) is 1. The Bertz CT molecular complexity index is 548. The first kappa shape index (κ1) is 13.3. The third-order valence-corrected chi connectivity index (χ3v) is 2.96. The number of benzene rings is 1. The number of rotatable bonds is 6. The molecule has 1 aromatic heterocycles. The van der Waals surface area contributed by atoms with E-state index in [1.807, 2.05) is 41.2 Å². The lowest BCUT2D eigenvalue weighted by Crippen LogP contribution is -2.16. The van der Waals surface area contributed by atoms with Gasteiger partial charge < -0.3 is 5.32 Å². The third-order valence-electron chi connectivity index (χ3n) is 2.96. The second-order valence-corrected chi connectivity index (χ2v) is 4.46. The van der Waals surface area contributed by atoms with Gasteiger partial charge in [0.2, 0.25) is 0 Å². The van der Waals surface area contributed by atoms with Gasteiger partial charge in [-0.05, 0) is 30.2 Å². The van der Waals surface area contributed by atoms with Gasteiger partial charge in [-0.3, -0.25) is 4.68 Å². The van der Waals surface area contributed by atoms with Crippen LogP contribution in [0.1, 0.15) is 30.2 Å². The minimum Gasteiger partial charge on any atom is -0.307 e. The maximum absolute atomic E-state index is 8.74. The quantitative estimate of drug-likeness (QED) is 0.861. The molecule has 0 amide bonds. The smallest absolute Gasteiger partial charge is 0.0991 e. The molecule has 0 unspecified atom stereocenters. The van der Waals surface area contributed by atoms with E-state index in [9.17, 15) is 0 Å². The first-order chi connectivity index (χ1) is 9.33. The van der Waals surface area contributed by atoms with Crippen molar-refractivity contribution in [3.8, 4) is 6.07 Å². The van der Waals surface area contributed by atoms with Crippen molar-refractivity contribution in [2.24, 2.45) is 0 Å². The molecule has 2 aromatic rings. The summed E-state index contributed by atoms with van der Waals surface area (Å²) in [5.41, 5.74) is 3.08. The van der Waals surface area contributed by atoms with Gasteiger partial charge in [-0.15, -0.1) is 0 Å². The molecular formula is C15H18N4. The zero-order valence-electron chi connectivity index (χ0n) is 11.1. The number of nitriles is 1. The lowest BCUT2D eigenvalue weighted by atomic mass is 10.1. The fraction of sp³-hybridized carbons (Fsp3) is 0.333. The Kier molecular flexibility index (Phi) is 4.71. The molecule has 0 atom stereocenters. The summed E-state index contributed by atoms with van der Waals surface area (Å²) in [5, 5.41) is 16.4. The van der Waals surface area contributed by atoms with Crippen molar-refractivity contribution in [1.82, 2.24) is 15.1 Å². The largest absolute Gasteiger partial charge is 0.307 e. The van der Waals surface area contributed by atoms with Crippen molar-refractivity contribution < 1.29 is 0 Å². The average Bonchev–Trinajstić information content (AvgIpc) is 2.88. The molecule has 0 aliphatic heterocycles. The molecule has 0 saturated carbocycles. The molecule has 0 aliphatic carbocycles. The van der Waals surface area contributed by atoms with Gasteiger partial charge in [0.1, 0.15) is 0 Å². The maximum Gasteiger partial charge on any atom is 0.0991 e. The highest BCUT2D eigenvalue weighted by molar-refractivity contribution is 5.31. The van der Waals surface area contributed by atoms with Crippen molar-refractivity contribution in [3.63, 3.8) is 0 Å². The van der Waals surface area contributed by atoms with Gasteiger partial charge in [-0.1, -0.05) is 19.1 Å². The molecule has 1 N–H and O–H groups in total. The lowest BCUT2D eigenvalue weighted by molar-refractivity contribution is 0.549. The fourth-order valence-corrected chi connectivity index (χ4v) is 1.96. The van der Waals surface area contributed by atoms with Crippen LogP contribution in [0, 0.1) is 11.3 Å². The second kappa shape index (κ2) is 6.72. The van der Waals surface area contributed by atoms with E-state index < -0.39 is 0 Å². The van der Waals surface area contributed by atoms with E-state index in [0.29, 0.717) is 5.56 Å². The van der Waals surface area contributed by atoms with Crippen LogP contribution in [0.15, 0.2) is 36.5 Å². The molecule has 19 heavy (non-hydrogen) atoms. The zero-order valence-corrected chi connectivity index (χ0v) is 11.1. The number of hydrogen-bond acceptors (Lipinski definition) is 3. The van der Waals surface area contributed by atoms with Crippen LogP contribution < -0.4 is 5.32 Å². The summed E-state index contributed by atoms with van der Waals surface area (Å²) in [5.74, 6) is 0. The van der Waals surface area contributed by atoms with Crippen molar-refractivity contribution >= 4 is 0 Å². The first-order valence-corrected chi connectivity index (χ1v) is 6.54. The predicted molar refractivity (Wildman–Crippen MR) is 74.2 cm³/mol. The van der Waals surface area contributed by atoms with Gasteiger partial charge in [-0.2, -0.15) is 10.4 Å². The van der Waals surface area contributed by atoms with Gasteiger partial charge in [0.05, 0.1) is 17.3 Å². The van der Waals surface area contributed by atoms with Crippen LogP contribution in [0.2, 0.25) is 0 Å². The van der Waals surface area contributed by atoms with Gasteiger partial charge in [0, 0.05) is 25.8 Å². The normalized spacial score (nSPS) is 10.3. The maximum atomic E-state index is 8.74. The van der Waals surface area contributed by atoms with Crippen molar-refractivity contribution in [1.29, 1.82) is 5.26 Å².